The van der Waals surface area contributed by atoms with Crippen LogP contribution in [0.2, 0.25) is 0 Å². The van der Waals surface area contributed by atoms with Crippen molar-refractivity contribution in [2.75, 3.05) is 38.2 Å². The average molecular weight is 459 g/mol. The second kappa shape index (κ2) is 9.88. The molecule has 1 aliphatic heterocycles. The van der Waals surface area contributed by atoms with E-state index in [-0.39, 0.29) is 0 Å². The van der Waals surface area contributed by atoms with Gasteiger partial charge in [-0.15, -0.1) is 0 Å². The lowest BCUT2D eigenvalue weighted by Gasteiger charge is -2.36. The van der Waals surface area contributed by atoms with E-state index in [2.05, 4.69) is 23.1 Å². The number of benzene rings is 3. The zero-order valence-corrected chi connectivity index (χ0v) is 18.6. The molecule has 0 N–H and O–H groups in total. The summed E-state index contributed by atoms with van der Waals surface area (Å²) < 4.78 is 44.4. The van der Waals surface area contributed by atoms with Crippen molar-refractivity contribution in [2.24, 2.45) is 0 Å². The summed E-state index contributed by atoms with van der Waals surface area (Å²) in [5.41, 5.74) is 1.28. The molecular weight excluding hydrogens is 433 g/mol. The van der Waals surface area contributed by atoms with Gasteiger partial charge in [0.25, 0.3) is 0 Å². The predicted molar refractivity (Wildman–Crippen MR) is 122 cm³/mol. The number of anilines is 1. The van der Waals surface area contributed by atoms with Crippen LogP contribution in [0, 0.1) is 0 Å². The number of methoxy groups -OCH3 is 1. The van der Waals surface area contributed by atoms with Crippen LogP contribution < -0.4 is 9.64 Å². The van der Waals surface area contributed by atoms with Crippen molar-refractivity contribution in [3.8, 4) is 5.75 Å². The van der Waals surface area contributed by atoms with Gasteiger partial charge in [-0.25, -0.2) is 0 Å². The predicted octanol–water partition coefficient (Wildman–Crippen LogP) is 6.19. The summed E-state index contributed by atoms with van der Waals surface area (Å²) in [6.45, 7) is 3.81. The van der Waals surface area contributed by atoms with E-state index in [4.69, 9.17) is 4.74 Å². The summed E-state index contributed by atoms with van der Waals surface area (Å²) in [6, 6.07) is 22.0. The van der Waals surface area contributed by atoms with Crippen LogP contribution in [0.25, 0.3) is 0 Å². The zero-order chi connectivity index (χ0) is 22.6. The van der Waals surface area contributed by atoms with E-state index in [9.17, 15) is 13.2 Å². The Morgan fingerprint density at radius 3 is 2.38 bits per heavy atom. The Labute approximate surface area is 190 Å². The van der Waals surface area contributed by atoms with Crippen molar-refractivity contribution >= 4 is 17.4 Å². The number of rotatable bonds is 6. The molecule has 0 radical (unpaired) electrons. The Hall–Kier alpha value is -2.64. The molecule has 32 heavy (non-hydrogen) atoms. The lowest BCUT2D eigenvalue weighted by atomic mass is 10.1. The highest BCUT2D eigenvalue weighted by Gasteiger charge is 2.31. The van der Waals surface area contributed by atoms with Gasteiger partial charge >= 0.3 is 6.18 Å². The third kappa shape index (κ3) is 5.58. The molecule has 0 unspecified atom stereocenters. The molecule has 3 nitrogen and oxygen atoms in total. The molecule has 1 heterocycles. The van der Waals surface area contributed by atoms with Crippen molar-refractivity contribution in [3.63, 3.8) is 0 Å². The zero-order valence-electron chi connectivity index (χ0n) is 17.8. The van der Waals surface area contributed by atoms with Gasteiger partial charge in [-0.2, -0.15) is 13.2 Å². The molecule has 0 amide bonds. The first-order valence-electron chi connectivity index (χ1n) is 10.5. The molecule has 0 spiro atoms. The Balaban J connectivity index is 1.40. The largest absolute Gasteiger partial charge is 0.497 e. The van der Waals surface area contributed by atoms with Gasteiger partial charge in [-0.1, -0.05) is 42.1 Å². The highest BCUT2D eigenvalue weighted by Crippen LogP contribution is 2.34. The lowest BCUT2D eigenvalue weighted by Crippen LogP contribution is -2.46. The van der Waals surface area contributed by atoms with Crippen molar-refractivity contribution in [1.82, 2.24) is 4.90 Å². The minimum absolute atomic E-state index is 0.596. The monoisotopic (exact) mass is 458 g/mol. The topological polar surface area (TPSA) is 15.7 Å². The van der Waals surface area contributed by atoms with Gasteiger partial charge in [0.2, 0.25) is 0 Å². The number of alkyl halides is 3. The van der Waals surface area contributed by atoms with Gasteiger partial charge in [0.15, 0.2) is 0 Å². The molecule has 0 aliphatic carbocycles. The standard InChI is InChI=1S/C25H25F3N2OS/c1-31-22-9-5-10-23(17-22)32-24-11-3-2-6-19(24)18-29-12-14-30(15-13-29)21-8-4-7-20(16-21)25(26,27)28/h2-11,16-17H,12-15,18H2,1H3. The summed E-state index contributed by atoms with van der Waals surface area (Å²) in [5, 5.41) is 0. The molecule has 0 saturated carbocycles. The Bertz CT molecular complexity index is 1050. The quantitative estimate of drug-likeness (QED) is 0.438. The molecule has 3 aromatic carbocycles. The van der Waals surface area contributed by atoms with Crippen molar-refractivity contribution < 1.29 is 17.9 Å². The van der Waals surface area contributed by atoms with E-state index >= 15 is 0 Å². The van der Waals surface area contributed by atoms with Crippen molar-refractivity contribution in [2.45, 2.75) is 22.5 Å². The molecule has 0 atom stereocenters. The van der Waals surface area contributed by atoms with Gasteiger partial charge < -0.3 is 9.64 Å². The first-order chi connectivity index (χ1) is 15.4. The van der Waals surface area contributed by atoms with Gasteiger partial charge in [0.1, 0.15) is 5.75 Å². The van der Waals surface area contributed by atoms with E-state index in [1.165, 1.54) is 22.6 Å². The summed E-state index contributed by atoms with van der Waals surface area (Å²) in [6.07, 6.45) is -4.32. The molecule has 4 rings (SSSR count). The fourth-order valence-corrected chi connectivity index (χ4v) is 4.80. The smallest absolute Gasteiger partial charge is 0.416 e. The van der Waals surface area contributed by atoms with Gasteiger partial charge in [-0.05, 0) is 48.0 Å². The maximum Gasteiger partial charge on any atom is 0.416 e. The van der Waals surface area contributed by atoms with Gasteiger partial charge in [0, 0.05) is 48.2 Å². The van der Waals surface area contributed by atoms with Gasteiger partial charge in [0.05, 0.1) is 12.7 Å². The van der Waals surface area contributed by atoms with Crippen LogP contribution in [0.4, 0.5) is 18.9 Å². The third-order valence-corrected chi connectivity index (χ3v) is 6.65. The van der Waals surface area contributed by atoms with Crippen LogP contribution in [-0.4, -0.2) is 38.2 Å². The minimum atomic E-state index is -4.32. The molecule has 1 fully saturated rings. The molecule has 0 bridgehead atoms. The van der Waals surface area contributed by atoms with E-state index in [0.29, 0.717) is 18.8 Å². The number of halogens is 3. The number of ether oxygens (including phenoxy) is 1. The van der Waals surface area contributed by atoms with Crippen LogP contribution in [0.3, 0.4) is 0 Å². The van der Waals surface area contributed by atoms with Crippen molar-refractivity contribution in [3.05, 3.63) is 83.9 Å². The molecule has 3 aromatic rings. The van der Waals surface area contributed by atoms with Crippen LogP contribution in [0.15, 0.2) is 82.6 Å². The highest BCUT2D eigenvalue weighted by atomic mass is 32.2. The summed E-state index contributed by atoms with van der Waals surface area (Å²) >= 11 is 1.71. The molecular formula is C25H25F3N2OS. The van der Waals surface area contributed by atoms with E-state index in [1.807, 2.05) is 35.2 Å². The second-order valence-corrected chi connectivity index (χ2v) is 8.82. The summed E-state index contributed by atoms with van der Waals surface area (Å²) in [4.78, 5) is 6.70. The first-order valence-corrected chi connectivity index (χ1v) is 11.3. The lowest BCUT2D eigenvalue weighted by molar-refractivity contribution is -0.137. The fraction of sp³-hybridized carbons (Fsp3) is 0.280. The van der Waals surface area contributed by atoms with Crippen molar-refractivity contribution in [1.29, 1.82) is 0 Å². The second-order valence-electron chi connectivity index (χ2n) is 7.70. The first kappa shape index (κ1) is 22.6. The van der Waals surface area contributed by atoms with Gasteiger partial charge in [-0.3, -0.25) is 4.90 Å². The summed E-state index contributed by atoms with van der Waals surface area (Å²) in [5.74, 6) is 0.832. The normalized spacial score (nSPS) is 15.1. The van der Waals surface area contributed by atoms with Crippen LogP contribution in [0.5, 0.6) is 5.75 Å². The fourth-order valence-electron chi connectivity index (χ4n) is 3.81. The minimum Gasteiger partial charge on any atom is -0.497 e. The highest BCUT2D eigenvalue weighted by molar-refractivity contribution is 7.99. The van der Waals surface area contributed by atoms with E-state index in [0.717, 1.165) is 36.3 Å². The van der Waals surface area contributed by atoms with E-state index < -0.39 is 11.7 Å². The number of hydrogen-bond acceptors (Lipinski definition) is 4. The molecule has 0 aromatic heterocycles. The average Bonchev–Trinajstić information content (AvgIpc) is 2.80. The maximum absolute atomic E-state index is 13.0. The van der Waals surface area contributed by atoms with Crippen LogP contribution in [-0.2, 0) is 12.7 Å². The Morgan fingerprint density at radius 1 is 0.875 bits per heavy atom. The number of nitrogens with zero attached hydrogens (tertiary/aromatic N) is 2. The molecule has 1 saturated heterocycles. The molecule has 1 aliphatic rings. The SMILES string of the molecule is COc1cccc(Sc2ccccc2CN2CCN(c3cccc(C(F)(F)F)c3)CC2)c1. The molecule has 168 valence electrons. The molecule has 7 heteroatoms. The summed E-state index contributed by atoms with van der Waals surface area (Å²) in [7, 11) is 1.66. The third-order valence-electron chi connectivity index (χ3n) is 5.55. The van der Waals surface area contributed by atoms with Crippen LogP contribution >= 0.6 is 11.8 Å². The Morgan fingerprint density at radius 2 is 1.62 bits per heavy atom. The van der Waals surface area contributed by atoms with Crippen LogP contribution in [0.1, 0.15) is 11.1 Å². The maximum atomic E-state index is 13.0. The van der Waals surface area contributed by atoms with E-state index in [1.54, 1.807) is 24.9 Å². The number of hydrogen-bond donors (Lipinski definition) is 0. The number of piperazine rings is 1. The Kier molecular flexibility index (Phi) is 6.96.